The van der Waals surface area contributed by atoms with Crippen LogP contribution in [0.2, 0.25) is 0 Å². The molecule has 1 fully saturated rings. The lowest BCUT2D eigenvalue weighted by Crippen LogP contribution is -2.49. The van der Waals surface area contributed by atoms with Crippen molar-refractivity contribution in [3.8, 4) is 5.69 Å². The van der Waals surface area contributed by atoms with Gasteiger partial charge in [0.1, 0.15) is 5.82 Å². The molecule has 0 aliphatic carbocycles. The highest BCUT2D eigenvalue weighted by molar-refractivity contribution is 5.92. The van der Waals surface area contributed by atoms with Crippen LogP contribution in [0, 0.1) is 12.7 Å². The van der Waals surface area contributed by atoms with Gasteiger partial charge in [-0.25, -0.2) is 9.07 Å². The second kappa shape index (κ2) is 8.08. The number of carbonyl (C=O) groups is 1. The van der Waals surface area contributed by atoms with Crippen molar-refractivity contribution in [2.24, 2.45) is 0 Å². The van der Waals surface area contributed by atoms with Crippen LogP contribution in [-0.2, 0) is 0 Å². The van der Waals surface area contributed by atoms with Crippen molar-refractivity contribution in [1.82, 2.24) is 29.8 Å². The zero-order chi connectivity index (χ0) is 20.4. The number of rotatable bonds is 4. The van der Waals surface area contributed by atoms with E-state index in [0.29, 0.717) is 24.5 Å². The molecule has 0 spiro atoms. The average Bonchev–Trinajstić information content (AvgIpc) is 3.23. The Labute approximate surface area is 168 Å². The minimum absolute atomic E-state index is 0.138. The highest BCUT2D eigenvalue weighted by Gasteiger charge is 2.27. The van der Waals surface area contributed by atoms with Crippen LogP contribution in [0.5, 0.6) is 0 Å². The maximum absolute atomic E-state index is 13.3. The first-order valence-corrected chi connectivity index (χ1v) is 9.66. The Morgan fingerprint density at radius 3 is 2.62 bits per heavy atom. The number of pyridine rings is 1. The van der Waals surface area contributed by atoms with Crippen LogP contribution >= 0.6 is 0 Å². The van der Waals surface area contributed by atoms with Gasteiger partial charge in [-0.2, -0.15) is 0 Å². The van der Waals surface area contributed by atoms with E-state index in [1.807, 2.05) is 18.2 Å². The largest absolute Gasteiger partial charge is 0.335 e. The maximum atomic E-state index is 13.3. The van der Waals surface area contributed by atoms with Crippen molar-refractivity contribution in [3.63, 3.8) is 0 Å². The molecule has 1 saturated heterocycles. The normalized spacial score (nSPS) is 16.0. The van der Waals surface area contributed by atoms with E-state index >= 15 is 0 Å². The summed E-state index contributed by atoms with van der Waals surface area (Å²) in [6, 6.07) is 10.6. The molecule has 0 N–H and O–H groups in total. The molecule has 3 aromatic rings. The monoisotopic (exact) mass is 394 g/mol. The molecular weight excluding hydrogens is 371 g/mol. The predicted octanol–water partition coefficient (Wildman–Crippen LogP) is 2.63. The SMILES string of the molecule is Cc1cc(F)ccc1-n1cc(C(=O)N2CCN([C@H](C)c3ccccn3)CC2)nn1. The average molecular weight is 394 g/mol. The highest BCUT2D eigenvalue weighted by atomic mass is 19.1. The Bertz CT molecular complexity index is 997. The van der Waals surface area contributed by atoms with Crippen LogP contribution in [0.1, 0.15) is 34.7 Å². The number of halogens is 1. The zero-order valence-electron chi connectivity index (χ0n) is 16.5. The Morgan fingerprint density at radius 1 is 1.14 bits per heavy atom. The van der Waals surface area contributed by atoms with Crippen LogP contribution in [0.4, 0.5) is 4.39 Å². The minimum atomic E-state index is -0.305. The van der Waals surface area contributed by atoms with Crippen LogP contribution in [-0.4, -0.2) is 61.9 Å². The highest BCUT2D eigenvalue weighted by Crippen LogP contribution is 2.20. The number of aromatic nitrogens is 4. The second-order valence-electron chi connectivity index (χ2n) is 7.24. The summed E-state index contributed by atoms with van der Waals surface area (Å²) in [5.74, 6) is -0.443. The molecule has 8 heteroatoms. The zero-order valence-corrected chi connectivity index (χ0v) is 16.5. The van der Waals surface area contributed by atoms with Crippen LogP contribution in [0.15, 0.2) is 48.8 Å². The predicted molar refractivity (Wildman–Crippen MR) is 106 cm³/mol. The van der Waals surface area contributed by atoms with Crippen molar-refractivity contribution in [3.05, 3.63) is 71.6 Å². The number of benzene rings is 1. The first-order valence-electron chi connectivity index (χ1n) is 9.66. The summed E-state index contributed by atoms with van der Waals surface area (Å²) in [7, 11) is 0. The van der Waals surface area contributed by atoms with Crippen LogP contribution < -0.4 is 0 Å². The number of carbonyl (C=O) groups excluding carboxylic acids is 1. The van der Waals surface area contributed by atoms with Gasteiger partial charge in [-0.3, -0.25) is 14.7 Å². The van der Waals surface area contributed by atoms with E-state index in [-0.39, 0.29) is 17.8 Å². The summed E-state index contributed by atoms with van der Waals surface area (Å²) < 4.78 is 14.8. The van der Waals surface area contributed by atoms with E-state index in [0.717, 1.165) is 24.3 Å². The summed E-state index contributed by atoms with van der Waals surface area (Å²) in [5, 5.41) is 8.09. The van der Waals surface area contributed by atoms with Gasteiger partial charge in [-0.05, 0) is 49.7 Å². The molecule has 1 aliphatic rings. The third kappa shape index (κ3) is 4.02. The standard InChI is InChI=1S/C21H23FN6O/c1-15-13-17(22)6-7-20(15)28-14-19(24-25-28)21(29)27-11-9-26(10-12-27)16(2)18-5-3-4-8-23-18/h3-8,13-14,16H,9-12H2,1-2H3/t16-/m1/s1. The van der Waals surface area contributed by atoms with Crippen molar-refractivity contribution in [1.29, 1.82) is 0 Å². The Kier molecular flexibility index (Phi) is 5.35. The first-order chi connectivity index (χ1) is 14.0. The number of aryl methyl sites for hydroxylation is 1. The van der Waals surface area contributed by atoms with Gasteiger partial charge in [0.2, 0.25) is 0 Å². The smallest absolute Gasteiger partial charge is 0.276 e. The molecule has 0 bridgehead atoms. The van der Waals surface area contributed by atoms with Gasteiger partial charge in [0, 0.05) is 38.4 Å². The fourth-order valence-electron chi connectivity index (χ4n) is 3.64. The van der Waals surface area contributed by atoms with Crippen molar-refractivity contribution in [2.75, 3.05) is 26.2 Å². The lowest BCUT2D eigenvalue weighted by molar-refractivity contribution is 0.0573. The molecule has 0 radical (unpaired) electrons. The summed E-state index contributed by atoms with van der Waals surface area (Å²) in [4.78, 5) is 21.4. The summed E-state index contributed by atoms with van der Waals surface area (Å²) in [6.07, 6.45) is 3.41. The molecule has 1 atom stereocenters. The number of piperazine rings is 1. The Hall–Kier alpha value is -3.13. The minimum Gasteiger partial charge on any atom is -0.335 e. The molecule has 3 heterocycles. The number of hydrogen-bond acceptors (Lipinski definition) is 5. The van der Waals surface area contributed by atoms with E-state index in [9.17, 15) is 9.18 Å². The molecule has 7 nitrogen and oxygen atoms in total. The molecule has 29 heavy (non-hydrogen) atoms. The van der Waals surface area contributed by atoms with Crippen LogP contribution in [0.25, 0.3) is 5.69 Å². The second-order valence-corrected chi connectivity index (χ2v) is 7.24. The third-order valence-corrected chi connectivity index (χ3v) is 5.38. The quantitative estimate of drug-likeness (QED) is 0.681. The lowest BCUT2D eigenvalue weighted by atomic mass is 10.1. The molecule has 1 aromatic carbocycles. The van der Waals surface area contributed by atoms with E-state index in [2.05, 4.69) is 27.1 Å². The number of hydrogen-bond donors (Lipinski definition) is 0. The van der Waals surface area contributed by atoms with Gasteiger partial charge >= 0.3 is 0 Å². The van der Waals surface area contributed by atoms with Crippen LogP contribution in [0.3, 0.4) is 0 Å². The Morgan fingerprint density at radius 2 is 1.93 bits per heavy atom. The lowest BCUT2D eigenvalue weighted by Gasteiger charge is -2.37. The van der Waals surface area contributed by atoms with E-state index in [1.165, 1.54) is 16.8 Å². The van der Waals surface area contributed by atoms with Gasteiger partial charge in [-0.15, -0.1) is 5.10 Å². The van der Waals surface area contributed by atoms with Gasteiger partial charge in [0.25, 0.3) is 5.91 Å². The molecule has 0 saturated carbocycles. The van der Waals surface area contributed by atoms with Crippen molar-refractivity contribution >= 4 is 5.91 Å². The molecule has 0 unspecified atom stereocenters. The number of amides is 1. The maximum Gasteiger partial charge on any atom is 0.276 e. The van der Waals surface area contributed by atoms with E-state index in [4.69, 9.17) is 0 Å². The summed E-state index contributed by atoms with van der Waals surface area (Å²) >= 11 is 0. The summed E-state index contributed by atoms with van der Waals surface area (Å²) in [5.41, 5.74) is 2.75. The first kappa shape index (κ1) is 19.2. The molecular formula is C21H23FN6O. The Balaban J connectivity index is 1.41. The molecule has 1 aliphatic heterocycles. The number of nitrogens with zero attached hydrogens (tertiary/aromatic N) is 6. The van der Waals surface area contributed by atoms with Crippen molar-refractivity contribution in [2.45, 2.75) is 19.9 Å². The van der Waals surface area contributed by atoms with Crippen molar-refractivity contribution < 1.29 is 9.18 Å². The van der Waals surface area contributed by atoms with E-state index < -0.39 is 0 Å². The molecule has 1 amide bonds. The molecule has 4 rings (SSSR count). The van der Waals surface area contributed by atoms with E-state index in [1.54, 1.807) is 30.3 Å². The van der Waals surface area contributed by atoms with Gasteiger partial charge in [0.15, 0.2) is 5.69 Å². The summed E-state index contributed by atoms with van der Waals surface area (Å²) in [6.45, 7) is 6.72. The fraction of sp³-hybridized carbons (Fsp3) is 0.333. The topological polar surface area (TPSA) is 67.2 Å². The fourth-order valence-corrected chi connectivity index (χ4v) is 3.64. The van der Waals surface area contributed by atoms with Gasteiger partial charge < -0.3 is 4.90 Å². The molecule has 2 aromatic heterocycles. The van der Waals surface area contributed by atoms with Gasteiger partial charge in [-0.1, -0.05) is 11.3 Å². The third-order valence-electron chi connectivity index (χ3n) is 5.38. The molecule has 150 valence electrons. The van der Waals surface area contributed by atoms with Gasteiger partial charge in [0.05, 0.1) is 17.6 Å².